The molecule has 1 radical (unpaired) electrons. The first-order valence-electron chi connectivity index (χ1n) is 7.04. The van der Waals surface area contributed by atoms with Gasteiger partial charge in [0.1, 0.15) is 0 Å². The van der Waals surface area contributed by atoms with Crippen molar-refractivity contribution in [3.8, 4) is 11.3 Å². The molecule has 3 aromatic rings. The van der Waals surface area contributed by atoms with E-state index in [0.29, 0.717) is 5.92 Å². The fraction of sp³-hybridized carbons (Fsp3) is 0.158. The minimum Gasteiger partial charge on any atom is -0.252 e. The van der Waals surface area contributed by atoms with Gasteiger partial charge in [0.15, 0.2) is 0 Å². The lowest BCUT2D eigenvalue weighted by Gasteiger charge is -2.13. The van der Waals surface area contributed by atoms with Crippen LogP contribution in [0, 0.1) is 6.92 Å². The van der Waals surface area contributed by atoms with Gasteiger partial charge in [-0.25, -0.2) is 0 Å². The molecule has 0 fully saturated rings. The molecular formula is C19H18N. The van der Waals surface area contributed by atoms with Crippen molar-refractivity contribution in [3.05, 3.63) is 73.3 Å². The molecule has 0 spiro atoms. The summed E-state index contributed by atoms with van der Waals surface area (Å²) < 4.78 is 0. The predicted octanol–water partition coefficient (Wildman–Crippen LogP) is 5.23. The van der Waals surface area contributed by atoms with Crippen LogP contribution in [0.15, 0.2) is 60.7 Å². The average Bonchev–Trinajstić information content (AvgIpc) is 2.54. The highest BCUT2D eigenvalue weighted by Gasteiger charge is 2.11. The number of pyridine rings is 1. The Kier molecular flexibility index (Phi) is 3.51. The lowest BCUT2D eigenvalue weighted by molar-refractivity contribution is 0.750. The summed E-state index contributed by atoms with van der Waals surface area (Å²) in [6.45, 7) is 6.18. The zero-order chi connectivity index (χ0) is 13.9. The molecule has 99 valence electrons. The van der Waals surface area contributed by atoms with Gasteiger partial charge in [-0.3, -0.25) is 4.98 Å². The molecule has 3 rings (SSSR count). The summed E-state index contributed by atoms with van der Waals surface area (Å²) in [7, 11) is 0. The standard InChI is InChI=1S/C19H18N/c1-3-14(2)18-13-16-11-7-8-12-17(16)19(20-18)15-9-5-4-6-10-15/h4-14H,1,3H2,2H3. The van der Waals surface area contributed by atoms with Gasteiger partial charge in [-0.05, 0) is 23.8 Å². The third kappa shape index (κ3) is 2.32. The third-order valence-electron chi connectivity index (χ3n) is 3.75. The number of fused-ring (bicyclic) bond motifs is 1. The SMILES string of the molecule is [CH2]CC(C)c1cc2ccccc2c(-c2ccccc2)n1. The maximum Gasteiger partial charge on any atom is 0.0783 e. The van der Waals surface area contributed by atoms with Crippen LogP contribution in [0.1, 0.15) is 25.0 Å². The number of hydrogen-bond acceptors (Lipinski definition) is 1. The summed E-state index contributed by atoms with van der Waals surface area (Å²) >= 11 is 0. The van der Waals surface area contributed by atoms with Crippen molar-refractivity contribution in [2.45, 2.75) is 19.3 Å². The molecule has 0 amide bonds. The van der Waals surface area contributed by atoms with E-state index >= 15 is 0 Å². The molecule has 1 heteroatoms. The Morgan fingerprint density at radius 3 is 2.45 bits per heavy atom. The molecule has 1 nitrogen and oxygen atoms in total. The molecule has 1 aromatic heterocycles. The second-order valence-corrected chi connectivity index (χ2v) is 5.17. The molecule has 2 aromatic carbocycles. The Morgan fingerprint density at radius 1 is 1.00 bits per heavy atom. The first-order valence-corrected chi connectivity index (χ1v) is 7.04. The van der Waals surface area contributed by atoms with Gasteiger partial charge in [0.25, 0.3) is 0 Å². The molecule has 0 aliphatic carbocycles. The number of benzene rings is 2. The molecule has 0 bridgehead atoms. The van der Waals surface area contributed by atoms with E-state index in [4.69, 9.17) is 4.98 Å². The van der Waals surface area contributed by atoms with Crippen molar-refractivity contribution >= 4 is 10.8 Å². The molecule has 1 heterocycles. The minimum atomic E-state index is 0.377. The lowest BCUT2D eigenvalue weighted by atomic mass is 9.98. The van der Waals surface area contributed by atoms with E-state index < -0.39 is 0 Å². The first-order chi connectivity index (χ1) is 9.79. The topological polar surface area (TPSA) is 12.9 Å². The summed E-state index contributed by atoms with van der Waals surface area (Å²) in [5, 5.41) is 2.45. The van der Waals surface area contributed by atoms with Crippen LogP contribution in [-0.2, 0) is 0 Å². The van der Waals surface area contributed by atoms with E-state index in [-0.39, 0.29) is 0 Å². The maximum atomic E-state index is 4.90. The Hall–Kier alpha value is -2.15. The van der Waals surface area contributed by atoms with Crippen LogP contribution in [-0.4, -0.2) is 4.98 Å². The molecule has 20 heavy (non-hydrogen) atoms. The zero-order valence-electron chi connectivity index (χ0n) is 11.7. The summed E-state index contributed by atoms with van der Waals surface area (Å²) in [4.78, 5) is 4.90. The van der Waals surface area contributed by atoms with Crippen LogP contribution in [0.2, 0.25) is 0 Å². The van der Waals surface area contributed by atoms with Gasteiger partial charge in [-0.1, -0.05) is 68.4 Å². The van der Waals surface area contributed by atoms with Crippen molar-refractivity contribution in [1.29, 1.82) is 0 Å². The van der Waals surface area contributed by atoms with E-state index in [2.05, 4.69) is 68.4 Å². The van der Waals surface area contributed by atoms with Crippen molar-refractivity contribution in [2.24, 2.45) is 0 Å². The van der Waals surface area contributed by atoms with Crippen molar-refractivity contribution in [2.75, 3.05) is 0 Å². The molecule has 0 saturated carbocycles. The van der Waals surface area contributed by atoms with Crippen molar-refractivity contribution < 1.29 is 0 Å². The van der Waals surface area contributed by atoms with E-state index in [1.807, 2.05) is 6.07 Å². The molecule has 1 atom stereocenters. The monoisotopic (exact) mass is 260 g/mol. The average molecular weight is 260 g/mol. The summed E-state index contributed by atoms with van der Waals surface area (Å²) in [5.74, 6) is 0.377. The molecule has 0 N–H and O–H groups in total. The maximum absolute atomic E-state index is 4.90. The van der Waals surface area contributed by atoms with Gasteiger partial charge in [-0.2, -0.15) is 0 Å². The predicted molar refractivity (Wildman–Crippen MR) is 85.6 cm³/mol. The summed E-state index contributed by atoms with van der Waals surface area (Å²) in [6, 6.07) is 21.0. The first kappa shape index (κ1) is 12.9. The smallest absolute Gasteiger partial charge is 0.0783 e. The highest BCUT2D eigenvalue weighted by molar-refractivity contribution is 5.94. The van der Waals surface area contributed by atoms with E-state index in [1.165, 1.54) is 16.3 Å². The Balaban J connectivity index is 2.28. The number of hydrogen-bond donors (Lipinski definition) is 0. The summed E-state index contributed by atoms with van der Waals surface area (Å²) in [5.41, 5.74) is 3.36. The molecule has 0 aliphatic rings. The van der Waals surface area contributed by atoms with E-state index in [0.717, 1.165) is 17.8 Å². The lowest BCUT2D eigenvalue weighted by Crippen LogP contribution is -1.98. The number of nitrogens with zero attached hydrogens (tertiary/aromatic N) is 1. The zero-order valence-corrected chi connectivity index (χ0v) is 11.7. The number of aromatic nitrogens is 1. The van der Waals surface area contributed by atoms with Crippen molar-refractivity contribution in [1.82, 2.24) is 4.98 Å². The van der Waals surface area contributed by atoms with Crippen LogP contribution in [0.25, 0.3) is 22.0 Å². The molecule has 0 saturated heterocycles. The molecule has 0 aliphatic heterocycles. The van der Waals surface area contributed by atoms with Crippen molar-refractivity contribution in [3.63, 3.8) is 0 Å². The second-order valence-electron chi connectivity index (χ2n) is 5.17. The van der Waals surface area contributed by atoms with Crippen LogP contribution in [0.5, 0.6) is 0 Å². The van der Waals surface area contributed by atoms with E-state index in [9.17, 15) is 0 Å². The third-order valence-corrected chi connectivity index (χ3v) is 3.75. The quantitative estimate of drug-likeness (QED) is 0.628. The number of rotatable bonds is 3. The highest BCUT2D eigenvalue weighted by atomic mass is 14.7. The Morgan fingerprint density at radius 2 is 1.70 bits per heavy atom. The van der Waals surface area contributed by atoms with Crippen LogP contribution in [0.4, 0.5) is 0 Å². The van der Waals surface area contributed by atoms with Crippen LogP contribution < -0.4 is 0 Å². The minimum absolute atomic E-state index is 0.377. The highest BCUT2D eigenvalue weighted by Crippen LogP contribution is 2.30. The molecular weight excluding hydrogens is 242 g/mol. The van der Waals surface area contributed by atoms with E-state index in [1.54, 1.807) is 0 Å². The van der Waals surface area contributed by atoms with Crippen LogP contribution >= 0.6 is 0 Å². The Bertz CT molecular complexity index is 716. The largest absolute Gasteiger partial charge is 0.252 e. The fourth-order valence-corrected chi connectivity index (χ4v) is 2.44. The van der Waals surface area contributed by atoms with Gasteiger partial charge >= 0.3 is 0 Å². The van der Waals surface area contributed by atoms with Crippen LogP contribution in [0.3, 0.4) is 0 Å². The van der Waals surface area contributed by atoms with Gasteiger partial charge in [-0.15, -0.1) is 0 Å². The van der Waals surface area contributed by atoms with Gasteiger partial charge in [0, 0.05) is 16.6 Å². The second kappa shape index (κ2) is 5.46. The van der Waals surface area contributed by atoms with Gasteiger partial charge in [0.2, 0.25) is 0 Å². The summed E-state index contributed by atoms with van der Waals surface area (Å²) in [6.07, 6.45) is 0.861. The Labute approximate surface area is 120 Å². The van der Waals surface area contributed by atoms with Gasteiger partial charge < -0.3 is 0 Å². The fourth-order valence-electron chi connectivity index (χ4n) is 2.44. The van der Waals surface area contributed by atoms with Gasteiger partial charge in [0.05, 0.1) is 5.69 Å². The normalized spacial score (nSPS) is 12.5. The molecule has 1 unspecified atom stereocenters.